The fourth-order valence-electron chi connectivity index (χ4n) is 1.89. The van der Waals surface area contributed by atoms with Crippen LogP contribution < -0.4 is 5.73 Å². The van der Waals surface area contributed by atoms with Gasteiger partial charge in [-0.1, -0.05) is 0 Å². The van der Waals surface area contributed by atoms with Crippen LogP contribution in [0.2, 0.25) is 0 Å². The summed E-state index contributed by atoms with van der Waals surface area (Å²) in [6.45, 7) is 3.35. The zero-order chi connectivity index (χ0) is 9.84. The Morgan fingerprint density at radius 3 is 2.43 bits per heavy atom. The highest BCUT2D eigenvalue weighted by atomic mass is 35.5. The fourth-order valence-corrected chi connectivity index (χ4v) is 1.89. The molecule has 3 N–H and O–H groups in total. The van der Waals surface area contributed by atoms with Gasteiger partial charge in [0.1, 0.15) is 0 Å². The van der Waals surface area contributed by atoms with Crippen LogP contribution in [0.3, 0.4) is 0 Å². The normalized spacial score (nSPS) is 20.0. The van der Waals surface area contributed by atoms with E-state index in [0.29, 0.717) is 19.0 Å². The summed E-state index contributed by atoms with van der Waals surface area (Å²) in [5, 5.41) is 8.71. The molecule has 1 fully saturated rings. The Morgan fingerprint density at radius 1 is 1.57 bits per heavy atom. The monoisotopic (exact) mass is 222 g/mol. The first-order chi connectivity index (χ1) is 6.09. The number of carbonyl (C=O) groups is 1. The van der Waals surface area contributed by atoms with Crippen LogP contribution >= 0.6 is 12.4 Å². The lowest BCUT2D eigenvalue weighted by Gasteiger charge is -2.30. The van der Waals surface area contributed by atoms with Crippen LogP contribution in [0.5, 0.6) is 0 Å². The molecule has 1 aliphatic rings. The Kier molecular flexibility index (Phi) is 5.88. The van der Waals surface area contributed by atoms with E-state index in [1.807, 2.05) is 6.92 Å². The van der Waals surface area contributed by atoms with Crippen molar-refractivity contribution in [3.63, 3.8) is 0 Å². The fraction of sp³-hybridized carbons (Fsp3) is 0.889. The number of nitrogens with two attached hydrogens (primary N) is 1. The summed E-state index contributed by atoms with van der Waals surface area (Å²) in [4.78, 5) is 12.1. The third-order valence-corrected chi connectivity index (χ3v) is 2.59. The third kappa shape index (κ3) is 4.15. The highest BCUT2D eigenvalue weighted by Gasteiger charge is 2.22. The van der Waals surface area contributed by atoms with E-state index in [2.05, 4.69) is 0 Å². The van der Waals surface area contributed by atoms with Crippen LogP contribution in [0.1, 0.15) is 26.2 Å². The third-order valence-electron chi connectivity index (χ3n) is 2.59. The van der Waals surface area contributed by atoms with Crippen molar-refractivity contribution in [1.29, 1.82) is 0 Å². The Bertz CT molecular complexity index is 180. The van der Waals surface area contributed by atoms with Gasteiger partial charge in [0.05, 0.1) is 0 Å². The van der Waals surface area contributed by atoms with Gasteiger partial charge in [-0.2, -0.15) is 0 Å². The van der Waals surface area contributed by atoms with Gasteiger partial charge in [0.25, 0.3) is 0 Å². The SMILES string of the molecule is CC(N)CC1CCN(C(=O)O)CC1.Cl. The van der Waals surface area contributed by atoms with E-state index in [-0.39, 0.29) is 18.4 Å². The summed E-state index contributed by atoms with van der Waals surface area (Å²) < 4.78 is 0. The molecule has 1 amide bonds. The van der Waals surface area contributed by atoms with Crippen molar-refractivity contribution in [2.24, 2.45) is 11.7 Å². The van der Waals surface area contributed by atoms with Gasteiger partial charge in [-0.05, 0) is 32.1 Å². The second-order valence-corrected chi connectivity index (χ2v) is 3.93. The van der Waals surface area contributed by atoms with E-state index >= 15 is 0 Å². The molecule has 14 heavy (non-hydrogen) atoms. The van der Waals surface area contributed by atoms with E-state index in [4.69, 9.17) is 10.8 Å². The van der Waals surface area contributed by atoms with Gasteiger partial charge in [0, 0.05) is 19.1 Å². The second-order valence-electron chi connectivity index (χ2n) is 3.93. The molecule has 0 radical (unpaired) electrons. The summed E-state index contributed by atoms with van der Waals surface area (Å²) in [6.07, 6.45) is 2.16. The molecule has 0 aliphatic carbocycles. The first-order valence-electron chi connectivity index (χ1n) is 4.83. The second kappa shape index (κ2) is 6.09. The van der Waals surface area contributed by atoms with Crippen molar-refractivity contribution in [2.75, 3.05) is 13.1 Å². The van der Waals surface area contributed by atoms with Crippen molar-refractivity contribution < 1.29 is 9.90 Å². The number of hydrogen-bond acceptors (Lipinski definition) is 2. The summed E-state index contributed by atoms with van der Waals surface area (Å²) in [7, 11) is 0. The van der Waals surface area contributed by atoms with Crippen molar-refractivity contribution >= 4 is 18.5 Å². The molecule has 1 aliphatic heterocycles. The standard InChI is InChI=1S/C9H18N2O2.ClH/c1-7(10)6-8-2-4-11(5-3-8)9(12)13;/h7-8H,2-6,10H2,1H3,(H,12,13);1H. The number of rotatable bonds is 2. The zero-order valence-corrected chi connectivity index (χ0v) is 9.30. The van der Waals surface area contributed by atoms with Crippen molar-refractivity contribution in [1.82, 2.24) is 4.90 Å². The molecule has 0 spiro atoms. The first kappa shape index (κ1) is 13.5. The molecule has 1 atom stereocenters. The number of hydrogen-bond donors (Lipinski definition) is 2. The van der Waals surface area contributed by atoms with Gasteiger partial charge in [-0.15, -0.1) is 12.4 Å². The summed E-state index contributed by atoms with van der Waals surface area (Å²) in [6, 6.07) is 0.237. The molecule has 1 heterocycles. The maximum Gasteiger partial charge on any atom is 0.407 e. The molecule has 0 saturated carbocycles. The molecule has 0 aromatic heterocycles. The van der Waals surface area contributed by atoms with Gasteiger partial charge in [0.2, 0.25) is 0 Å². The van der Waals surface area contributed by atoms with Crippen LogP contribution in [0.25, 0.3) is 0 Å². The Balaban J connectivity index is 0.00000169. The van der Waals surface area contributed by atoms with E-state index in [0.717, 1.165) is 19.3 Å². The molecule has 0 aromatic rings. The number of halogens is 1. The highest BCUT2D eigenvalue weighted by molar-refractivity contribution is 5.85. The molecule has 84 valence electrons. The minimum atomic E-state index is -0.792. The molecular formula is C9H19ClN2O2. The Hall–Kier alpha value is -0.480. The molecule has 4 nitrogen and oxygen atoms in total. The molecule has 0 bridgehead atoms. The quantitative estimate of drug-likeness (QED) is 0.745. The molecular weight excluding hydrogens is 204 g/mol. The van der Waals surface area contributed by atoms with Crippen LogP contribution in [0, 0.1) is 5.92 Å². The lowest BCUT2D eigenvalue weighted by molar-refractivity contribution is 0.122. The predicted molar refractivity (Wildman–Crippen MR) is 57.8 cm³/mol. The molecule has 1 rings (SSSR count). The number of likely N-dealkylation sites (tertiary alicyclic amines) is 1. The number of nitrogens with zero attached hydrogens (tertiary/aromatic N) is 1. The Labute approximate surface area is 90.9 Å². The minimum Gasteiger partial charge on any atom is -0.465 e. The van der Waals surface area contributed by atoms with Gasteiger partial charge >= 0.3 is 6.09 Å². The Morgan fingerprint density at radius 2 is 2.07 bits per heavy atom. The summed E-state index contributed by atoms with van der Waals surface area (Å²) >= 11 is 0. The highest BCUT2D eigenvalue weighted by Crippen LogP contribution is 2.21. The van der Waals surface area contributed by atoms with Gasteiger partial charge in [-0.25, -0.2) is 4.79 Å². The van der Waals surface area contributed by atoms with Gasteiger partial charge < -0.3 is 15.7 Å². The number of carboxylic acid groups (broad SMARTS) is 1. The maximum absolute atomic E-state index is 10.6. The maximum atomic E-state index is 10.6. The van der Waals surface area contributed by atoms with Crippen LogP contribution in [0.15, 0.2) is 0 Å². The largest absolute Gasteiger partial charge is 0.465 e. The van der Waals surface area contributed by atoms with Crippen LogP contribution in [0.4, 0.5) is 4.79 Å². The topological polar surface area (TPSA) is 66.6 Å². The number of amides is 1. The lowest BCUT2D eigenvalue weighted by Crippen LogP contribution is -2.38. The predicted octanol–water partition coefficient (Wildman–Crippen LogP) is 1.54. The van der Waals surface area contributed by atoms with Crippen molar-refractivity contribution in [3.05, 3.63) is 0 Å². The van der Waals surface area contributed by atoms with E-state index < -0.39 is 6.09 Å². The van der Waals surface area contributed by atoms with Crippen LogP contribution in [-0.2, 0) is 0 Å². The molecule has 0 aromatic carbocycles. The average molecular weight is 223 g/mol. The smallest absolute Gasteiger partial charge is 0.407 e. The van der Waals surface area contributed by atoms with Gasteiger partial charge in [-0.3, -0.25) is 0 Å². The van der Waals surface area contributed by atoms with Crippen molar-refractivity contribution in [2.45, 2.75) is 32.2 Å². The van der Waals surface area contributed by atoms with Crippen molar-refractivity contribution in [3.8, 4) is 0 Å². The van der Waals surface area contributed by atoms with E-state index in [1.165, 1.54) is 4.90 Å². The number of piperidine rings is 1. The van der Waals surface area contributed by atoms with Crippen LogP contribution in [-0.4, -0.2) is 35.2 Å². The van der Waals surface area contributed by atoms with E-state index in [9.17, 15) is 4.79 Å². The average Bonchev–Trinajstić information content (AvgIpc) is 2.04. The molecule has 1 saturated heterocycles. The zero-order valence-electron chi connectivity index (χ0n) is 8.48. The molecule has 5 heteroatoms. The summed E-state index contributed by atoms with van der Waals surface area (Å²) in [5.74, 6) is 0.621. The minimum absolute atomic E-state index is 0. The first-order valence-corrected chi connectivity index (χ1v) is 4.83. The lowest BCUT2D eigenvalue weighted by atomic mass is 9.91. The summed E-state index contributed by atoms with van der Waals surface area (Å²) in [5.41, 5.74) is 5.69. The van der Waals surface area contributed by atoms with Gasteiger partial charge in [0.15, 0.2) is 0 Å². The van der Waals surface area contributed by atoms with E-state index in [1.54, 1.807) is 0 Å². The molecule has 1 unspecified atom stereocenters.